The topological polar surface area (TPSA) is 106 Å². The van der Waals surface area contributed by atoms with E-state index in [4.69, 9.17) is 25.4 Å². The minimum atomic E-state index is 0.0840. The minimum absolute atomic E-state index is 0.0840. The molecular formula is C32H39N5O3S. The Bertz CT molecular complexity index is 1360. The van der Waals surface area contributed by atoms with Crippen molar-refractivity contribution >= 4 is 22.3 Å². The molecule has 2 aromatic heterocycles. The smallest absolute Gasteiger partial charge is 0.186 e. The van der Waals surface area contributed by atoms with Crippen LogP contribution < -0.4 is 20.1 Å². The number of unbranched alkanes of at least 4 members (excludes halogenated alkanes) is 3. The number of rotatable bonds is 16. The quantitative estimate of drug-likeness (QED) is 0.0493. The standard InChI is InChI=1S/C32H39N5O3S/c1-3-4-10-29-30(35-32(41-29)37(2)23-24-9-8-19-34-22-24)25-11-15-27(16-12-25)39-20-6-5-7-21-40-28-17-13-26(14-18-28)31(33)36-38/h8-9,11-19,22,38H,3-7,10,20-21,23H2,1-2H3,(H2,33,36). The number of aromatic nitrogens is 2. The highest BCUT2D eigenvalue weighted by Crippen LogP contribution is 2.35. The Morgan fingerprint density at radius 1 is 0.951 bits per heavy atom. The molecule has 3 N–H and O–H groups in total. The Labute approximate surface area is 246 Å². The predicted molar refractivity (Wildman–Crippen MR) is 166 cm³/mol. The first-order valence-corrected chi connectivity index (χ1v) is 14.9. The number of thiazole rings is 1. The number of amidine groups is 1. The highest BCUT2D eigenvalue weighted by molar-refractivity contribution is 7.16. The third kappa shape index (κ3) is 8.94. The van der Waals surface area contributed by atoms with Crippen LogP contribution in [0.25, 0.3) is 11.3 Å². The van der Waals surface area contributed by atoms with E-state index in [0.717, 1.165) is 73.0 Å². The van der Waals surface area contributed by atoms with Gasteiger partial charge in [-0.05, 0) is 92.3 Å². The minimum Gasteiger partial charge on any atom is -0.494 e. The number of oxime groups is 1. The van der Waals surface area contributed by atoms with Gasteiger partial charge in [-0.1, -0.05) is 24.6 Å². The number of benzene rings is 2. The van der Waals surface area contributed by atoms with E-state index in [1.54, 1.807) is 29.7 Å². The van der Waals surface area contributed by atoms with Gasteiger partial charge < -0.3 is 25.3 Å². The van der Waals surface area contributed by atoms with Crippen LogP contribution in [-0.4, -0.2) is 41.3 Å². The molecule has 0 saturated heterocycles. The lowest BCUT2D eigenvalue weighted by Gasteiger charge is -2.15. The van der Waals surface area contributed by atoms with Crippen LogP contribution in [0.4, 0.5) is 5.13 Å². The molecule has 0 spiro atoms. The van der Waals surface area contributed by atoms with Gasteiger partial charge in [-0.2, -0.15) is 0 Å². The molecule has 0 aliphatic heterocycles. The Morgan fingerprint density at radius 3 is 2.24 bits per heavy atom. The Hall–Kier alpha value is -4.11. The highest BCUT2D eigenvalue weighted by atomic mass is 32.1. The molecule has 0 fully saturated rings. The molecule has 2 heterocycles. The average molecular weight is 574 g/mol. The second-order valence-corrected chi connectivity index (χ2v) is 10.9. The van der Waals surface area contributed by atoms with Crippen LogP contribution in [0.2, 0.25) is 0 Å². The zero-order valence-electron chi connectivity index (χ0n) is 23.8. The van der Waals surface area contributed by atoms with E-state index < -0.39 is 0 Å². The summed E-state index contributed by atoms with van der Waals surface area (Å²) in [6, 6.07) is 19.6. The fourth-order valence-corrected chi connectivity index (χ4v) is 5.40. The van der Waals surface area contributed by atoms with Crippen molar-refractivity contribution in [3.63, 3.8) is 0 Å². The molecule has 41 heavy (non-hydrogen) atoms. The van der Waals surface area contributed by atoms with Crippen LogP contribution in [0.3, 0.4) is 0 Å². The predicted octanol–water partition coefficient (Wildman–Crippen LogP) is 6.91. The molecule has 0 bridgehead atoms. The van der Waals surface area contributed by atoms with Crippen molar-refractivity contribution in [3.05, 3.63) is 89.1 Å². The van der Waals surface area contributed by atoms with Crippen LogP contribution in [0.5, 0.6) is 11.5 Å². The third-order valence-electron chi connectivity index (χ3n) is 6.62. The third-order valence-corrected chi connectivity index (χ3v) is 7.85. The molecule has 216 valence electrons. The lowest BCUT2D eigenvalue weighted by Crippen LogP contribution is -2.16. The van der Waals surface area contributed by atoms with Gasteiger partial charge in [-0.3, -0.25) is 4.98 Å². The molecule has 0 atom stereocenters. The van der Waals surface area contributed by atoms with Gasteiger partial charge in [-0.25, -0.2) is 4.98 Å². The first kappa shape index (κ1) is 29.9. The van der Waals surface area contributed by atoms with E-state index >= 15 is 0 Å². The summed E-state index contributed by atoms with van der Waals surface area (Å²) in [4.78, 5) is 12.8. The summed E-state index contributed by atoms with van der Waals surface area (Å²) in [5.41, 5.74) is 9.60. The average Bonchev–Trinajstić information content (AvgIpc) is 3.44. The fourth-order valence-electron chi connectivity index (χ4n) is 4.32. The first-order chi connectivity index (χ1) is 20.1. The van der Waals surface area contributed by atoms with Crippen molar-refractivity contribution in [1.82, 2.24) is 9.97 Å². The van der Waals surface area contributed by atoms with Crippen LogP contribution in [0, 0.1) is 0 Å². The molecule has 0 saturated carbocycles. The van der Waals surface area contributed by atoms with Crippen molar-refractivity contribution in [2.45, 2.75) is 52.0 Å². The van der Waals surface area contributed by atoms with Gasteiger partial charge in [-0.15, -0.1) is 11.3 Å². The van der Waals surface area contributed by atoms with E-state index in [0.29, 0.717) is 18.8 Å². The maximum Gasteiger partial charge on any atom is 0.186 e. The molecule has 4 aromatic rings. The van der Waals surface area contributed by atoms with Gasteiger partial charge in [0.1, 0.15) is 11.5 Å². The Kier molecular flexibility index (Phi) is 11.4. The molecule has 0 aliphatic rings. The van der Waals surface area contributed by atoms with Crippen LogP contribution in [-0.2, 0) is 13.0 Å². The normalized spacial score (nSPS) is 11.4. The number of anilines is 1. The number of ether oxygens (including phenoxy) is 2. The number of pyridine rings is 1. The van der Waals surface area contributed by atoms with E-state index in [2.05, 4.69) is 47.2 Å². The molecule has 0 radical (unpaired) electrons. The Balaban J connectivity index is 1.24. The number of nitrogens with zero attached hydrogens (tertiary/aromatic N) is 4. The summed E-state index contributed by atoms with van der Waals surface area (Å²) in [7, 11) is 2.09. The fraction of sp³-hybridized carbons (Fsp3) is 0.344. The van der Waals surface area contributed by atoms with Crippen molar-refractivity contribution in [2.24, 2.45) is 10.9 Å². The van der Waals surface area contributed by atoms with Crippen LogP contribution in [0.1, 0.15) is 55.0 Å². The van der Waals surface area contributed by atoms with Gasteiger partial charge in [0, 0.05) is 42.0 Å². The SMILES string of the molecule is CCCCc1sc(N(C)Cc2cccnc2)nc1-c1ccc(OCCCCCOc2ccc(C(N)=NO)cc2)cc1. The zero-order valence-corrected chi connectivity index (χ0v) is 24.6. The molecule has 4 rings (SSSR count). The molecule has 0 unspecified atom stereocenters. The lowest BCUT2D eigenvalue weighted by atomic mass is 10.1. The Morgan fingerprint density at radius 2 is 1.63 bits per heavy atom. The molecule has 0 aliphatic carbocycles. The van der Waals surface area contributed by atoms with Gasteiger partial charge in [0.25, 0.3) is 0 Å². The number of hydrogen-bond donors (Lipinski definition) is 2. The van der Waals surface area contributed by atoms with Gasteiger partial charge >= 0.3 is 0 Å². The van der Waals surface area contributed by atoms with Crippen molar-refractivity contribution in [2.75, 3.05) is 25.2 Å². The molecular weight excluding hydrogens is 534 g/mol. The first-order valence-electron chi connectivity index (χ1n) is 14.1. The summed E-state index contributed by atoms with van der Waals surface area (Å²) in [5, 5.41) is 12.8. The second-order valence-electron chi connectivity index (χ2n) is 9.88. The van der Waals surface area contributed by atoms with Crippen molar-refractivity contribution in [3.8, 4) is 22.8 Å². The molecule has 9 heteroatoms. The molecule has 2 aromatic carbocycles. The van der Waals surface area contributed by atoms with Crippen molar-refractivity contribution < 1.29 is 14.7 Å². The molecule has 0 amide bonds. The van der Waals surface area contributed by atoms with E-state index in [9.17, 15) is 0 Å². The summed E-state index contributed by atoms with van der Waals surface area (Å²) >= 11 is 1.78. The van der Waals surface area contributed by atoms with E-state index in [-0.39, 0.29) is 5.84 Å². The van der Waals surface area contributed by atoms with Crippen molar-refractivity contribution in [1.29, 1.82) is 0 Å². The number of hydrogen-bond acceptors (Lipinski definition) is 8. The van der Waals surface area contributed by atoms with Gasteiger partial charge in [0.2, 0.25) is 0 Å². The van der Waals surface area contributed by atoms with Crippen LogP contribution in [0.15, 0.2) is 78.2 Å². The summed E-state index contributed by atoms with van der Waals surface area (Å²) in [6.07, 6.45) is 9.94. The summed E-state index contributed by atoms with van der Waals surface area (Å²) < 4.78 is 11.8. The van der Waals surface area contributed by atoms with Gasteiger partial charge in [0.05, 0.1) is 18.9 Å². The highest BCUT2D eigenvalue weighted by Gasteiger charge is 2.16. The number of aryl methyl sites for hydroxylation is 1. The monoisotopic (exact) mass is 573 g/mol. The van der Waals surface area contributed by atoms with Gasteiger partial charge in [0.15, 0.2) is 11.0 Å². The second kappa shape index (κ2) is 15.6. The maximum atomic E-state index is 8.74. The van der Waals surface area contributed by atoms with Crippen LogP contribution >= 0.6 is 11.3 Å². The summed E-state index contributed by atoms with van der Waals surface area (Å²) in [5.74, 6) is 1.72. The summed E-state index contributed by atoms with van der Waals surface area (Å²) in [6.45, 7) is 4.29. The van der Waals surface area contributed by atoms with E-state index in [1.165, 1.54) is 10.4 Å². The largest absolute Gasteiger partial charge is 0.494 e. The van der Waals surface area contributed by atoms with E-state index in [1.807, 2.05) is 36.5 Å². The number of nitrogens with two attached hydrogens (primary N) is 1. The maximum absolute atomic E-state index is 8.74. The zero-order chi connectivity index (χ0) is 28.9. The molecule has 8 nitrogen and oxygen atoms in total. The lowest BCUT2D eigenvalue weighted by molar-refractivity contribution is 0.279.